The topological polar surface area (TPSA) is 81.7 Å². The molecule has 0 saturated carbocycles. The summed E-state index contributed by atoms with van der Waals surface area (Å²) in [5.74, 6) is 1.06. The van der Waals surface area contributed by atoms with Gasteiger partial charge in [-0.15, -0.1) is 0 Å². The van der Waals surface area contributed by atoms with E-state index in [1.807, 2.05) is 24.3 Å². The first-order valence-electron chi connectivity index (χ1n) is 9.90. The average Bonchev–Trinajstić information content (AvgIpc) is 3.41. The zero-order chi connectivity index (χ0) is 21.6. The van der Waals surface area contributed by atoms with Gasteiger partial charge in [0.15, 0.2) is 11.5 Å². The first kappa shape index (κ1) is 19.5. The third-order valence-corrected chi connectivity index (χ3v) is 5.56. The second-order valence-electron chi connectivity index (χ2n) is 7.53. The van der Waals surface area contributed by atoms with Crippen LogP contribution < -0.4 is 11.1 Å². The van der Waals surface area contributed by atoms with Gasteiger partial charge in [0.2, 0.25) is 0 Å². The van der Waals surface area contributed by atoms with E-state index in [4.69, 9.17) is 5.73 Å². The van der Waals surface area contributed by atoms with Gasteiger partial charge in [-0.05, 0) is 60.8 Å². The highest BCUT2D eigenvalue weighted by Crippen LogP contribution is 2.34. The predicted molar refractivity (Wildman–Crippen MR) is 112 cm³/mol. The first-order valence-corrected chi connectivity index (χ1v) is 9.90. The zero-order valence-corrected chi connectivity index (χ0v) is 16.4. The number of halogens is 3. The van der Waals surface area contributed by atoms with Crippen molar-refractivity contribution in [2.24, 2.45) is 0 Å². The monoisotopic (exact) mass is 424 g/mol. The summed E-state index contributed by atoms with van der Waals surface area (Å²) < 4.78 is 41.6. The van der Waals surface area contributed by atoms with Crippen LogP contribution in [0.1, 0.15) is 23.6 Å². The average molecular weight is 424 g/mol. The van der Waals surface area contributed by atoms with E-state index in [1.54, 1.807) is 22.9 Å². The number of nitrogen functional groups attached to an aromatic ring is 1. The molecule has 1 atom stereocenters. The Bertz CT molecular complexity index is 1240. The SMILES string of the molecule is Nc1ncccc1-c1nc2ccc(C(F)(F)F)nc2n1-c1ccc([C@@H]2CCNC2)cc1. The highest BCUT2D eigenvalue weighted by Gasteiger charge is 2.33. The van der Waals surface area contributed by atoms with Crippen LogP contribution in [-0.4, -0.2) is 32.6 Å². The van der Waals surface area contributed by atoms with Crippen molar-refractivity contribution < 1.29 is 13.2 Å². The molecule has 3 N–H and O–H groups in total. The lowest BCUT2D eigenvalue weighted by Gasteiger charge is -2.13. The van der Waals surface area contributed by atoms with Crippen LogP contribution in [0.15, 0.2) is 54.7 Å². The molecule has 0 unspecified atom stereocenters. The van der Waals surface area contributed by atoms with Crippen LogP contribution in [0.5, 0.6) is 0 Å². The van der Waals surface area contributed by atoms with Gasteiger partial charge in [-0.3, -0.25) is 4.57 Å². The zero-order valence-electron chi connectivity index (χ0n) is 16.4. The number of nitrogens with two attached hydrogens (primary N) is 1. The minimum atomic E-state index is -4.56. The van der Waals surface area contributed by atoms with Gasteiger partial charge in [0, 0.05) is 18.4 Å². The van der Waals surface area contributed by atoms with E-state index < -0.39 is 11.9 Å². The Labute approximate surface area is 176 Å². The molecule has 0 amide bonds. The van der Waals surface area contributed by atoms with Crippen molar-refractivity contribution in [2.75, 3.05) is 18.8 Å². The number of rotatable bonds is 3. The number of nitrogens with one attached hydrogen (secondary N) is 1. The lowest BCUT2D eigenvalue weighted by molar-refractivity contribution is -0.141. The maximum absolute atomic E-state index is 13.3. The molecule has 0 spiro atoms. The lowest BCUT2D eigenvalue weighted by atomic mass is 9.98. The Morgan fingerprint density at radius 3 is 2.52 bits per heavy atom. The molecule has 3 aromatic heterocycles. The number of hydrogen-bond acceptors (Lipinski definition) is 5. The fourth-order valence-electron chi connectivity index (χ4n) is 3.98. The van der Waals surface area contributed by atoms with E-state index in [0.717, 1.165) is 25.6 Å². The summed E-state index contributed by atoms with van der Waals surface area (Å²) in [7, 11) is 0. The van der Waals surface area contributed by atoms with Crippen LogP contribution >= 0.6 is 0 Å². The second-order valence-corrected chi connectivity index (χ2v) is 7.53. The Morgan fingerprint density at radius 1 is 1.03 bits per heavy atom. The van der Waals surface area contributed by atoms with Crippen molar-refractivity contribution >= 4 is 17.0 Å². The number of fused-ring (bicyclic) bond motifs is 1. The Kier molecular flexibility index (Phi) is 4.62. The molecule has 0 radical (unpaired) electrons. The smallest absolute Gasteiger partial charge is 0.383 e. The van der Waals surface area contributed by atoms with Gasteiger partial charge in [0.1, 0.15) is 17.0 Å². The quantitative estimate of drug-likeness (QED) is 0.516. The van der Waals surface area contributed by atoms with E-state index in [-0.39, 0.29) is 11.5 Å². The molecule has 1 aliphatic heterocycles. The first-order chi connectivity index (χ1) is 14.9. The van der Waals surface area contributed by atoms with E-state index in [2.05, 4.69) is 20.3 Å². The van der Waals surface area contributed by atoms with E-state index in [0.29, 0.717) is 28.5 Å². The fourth-order valence-corrected chi connectivity index (χ4v) is 3.98. The van der Waals surface area contributed by atoms with Gasteiger partial charge in [0.25, 0.3) is 0 Å². The molecule has 4 heterocycles. The van der Waals surface area contributed by atoms with Crippen LogP contribution in [0, 0.1) is 0 Å². The number of alkyl halides is 3. The highest BCUT2D eigenvalue weighted by atomic mass is 19.4. The Balaban J connectivity index is 1.72. The van der Waals surface area contributed by atoms with Crippen molar-refractivity contribution in [3.05, 3.63) is 66.0 Å². The molecule has 5 rings (SSSR count). The molecule has 4 aromatic rings. The van der Waals surface area contributed by atoms with Crippen LogP contribution in [0.4, 0.5) is 19.0 Å². The van der Waals surface area contributed by atoms with Crippen LogP contribution in [0.3, 0.4) is 0 Å². The molecule has 0 bridgehead atoms. The van der Waals surface area contributed by atoms with Gasteiger partial charge in [-0.2, -0.15) is 13.2 Å². The third kappa shape index (κ3) is 3.50. The largest absolute Gasteiger partial charge is 0.433 e. The number of hydrogen-bond donors (Lipinski definition) is 2. The third-order valence-electron chi connectivity index (χ3n) is 5.56. The van der Waals surface area contributed by atoms with E-state index >= 15 is 0 Å². The van der Waals surface area contributed by atoms with Crippen molar-refractivity contribution in [3.63, 3.8) is 0 Å². The molecular weight excluding hydrogens is 405 g/mol. The molecular formula is C22H19F3N6. The summed E-state index contributed by atoms with van der Waals surface area (Å²) >= 11 is 0. The normalized spacial score (nSPS) is 16.8. The van der Waals surface area contributed by atoms with Gasteiger partial charge < -0.3 is 11.1 Å². The van der Waals surface area contributed by atoms with Gasteiger partial charge in [-0.25, -0.2) is 15.0 Å². The van der Waals surface area contributed by atoms with Crippen molar-refractivity contribution in [3.8, 4) is 17.1 Å². The summed E-state index contributed by atoms with van der Waals surface area (Å²) in [4.78, 5) is 12.5. The molecule has 1 aliphatic rings. The van der Waals surface area contributed by atoms with Crippen LogP contribution in [-0.2, 0) is 6.18 Å². The molecule has 1 aromatic carbocycles. The molecule has 1 fully saturated rings. The molecule has 9 heteroatoms. The number of aromatic nitrogens is 4. The summed E-state index contributed by atoms with van der Waals surface area (Å²) in [6, 6.07) is 13.5. The predicted octanol–water partition coefficient (Wildman–Crippen LogP) is 4.16. The summed E-state index contributed by atoms with van der Waals surface area (Å²) in [6.45, 7) is 1.90. The molecule has 6 nitrogen and oxygen atoms in total. The summed E-state index contributed by atoms with van der Waals surface area (Å²) in [5, 5.41) is 3.34. The van der Waals surface area contributed by atoms with E-state index in [9.17, 15) is 13.2 Å². The Morgan fingerprint density at radius 2 is 1.84 bits per heavy atom. The molecule has 158 valence electrons. The minimum Gasteiger partial charge on any atom is -0.383 e. The standard InChI is InChI=1S/C22H19F3N6/c23-22(24,25)18-8-7-17-21(30-18)31(20(29-17)16-2-1-10-28-19(16)26)15-5-3-13(4-6-15)14-9-11-27-12-14/h1-8,10,14,27H,9,11-12H2,(H2,26,28)/t14-/m1/s1. The minimum absolute atomic E-state index is 0.114. The number of pyridine rings is 2. The molecule has 31 heavy (non-hydrogen) atoms. The number of nitrogens with zero attached hydrogens (tertiary/aromatic N) is 4. The van der Waals surface area contributed by atoms with Gasteiger partial charge >= 0.3 is 6.18 Å². The number of anilines is 1. The van der Waals surface area contributed by atoms with Crippen molar-refractivity contribution in [2.45, 2.75) is 18.5 Å². The summed E-state index contributed by atoms with van der Waals surface area (Å²) in [5.41, 5.74) is 7.91. The second kappa shape index (κ2) is 7.35. The van der Waals surface area contributed by atoms with E-state index in [1.165, 1.54) is 11.6 Å². The molecule has 0 aliphatic carbocycles. The highest BCUT2D eigenvalue weighted by molar-refractivity contribution is 5.82. The summed E-state index contributed by atoms with van der Waals surface area (Å²) in [6.07, 6.45) is -1.95. The number of benzene rings is 1. The van der Waals surface area contributed by atoms with Crippen LogP contribution in [0.2, 0.25) is 0 Å². The fraction of sp³-hybridized carbons (Fsp3) is 0.227. The van der Waals surface area contributed by atoms with Crippen molar-refractivity contribution in [1.29, 1.82) is 0 Å². The van der Waals surface area contributed by atoms with Gasteiger partial charge in [-0.1, -0.05) is 12.1 Å². The van der Waals surface area contributed by atoms with Gasteiger partial charge in [0.05, 0.1) is 5.56 Å². The van der Waals surface area contributed by atoms with Crippen molar-refractivity contribution in [1.82, 2.24) is 24.8 Å². The molecule has 1 saturated heterocycles. The maximum Gasteiger partial charge on any atom is 0.433 e. The Hall–Kier alpha value is -3.46. The van der Waals surface area contributed by atoms with Crippen LogP contribution in [0.25, 0.3) is 28.2 Å². The lowest BCUT2D eigenvalue weighted by Crippen LogP contribution is -2.09. The maximum atomic E-state index is 13.3. The number of imidazole rings is 1.